The van der Waals surface area contributed by atoms with Crippen molar-refractivity contribution in [1.29, 1.82) is 0 Å². The highest BCUT2D eigenvalue weighted by Crippen LogP contribution is 2.33. The second-order valence-corrected chi connectivity index (χ2v) is 5.29. The van der Waals surface area contributed by atoms with Gasteiger partial charge in [-0.3, -0.25) is 4.79 Å². The highest BCUT2D eigenvalue weighted by Gasteiger charge is 2.34. The van der Waals surface area contributed by atoms with Gasteiger partial charge in [0.15, 0.2) is 5.71 Å². The van der Waals surface area contributed by atoms with E-state index in [2.05, 4.69) is 5.16 Å². The normalized spacial score (nSPS) is 15.3. The molecule has 6 heteroatoms. The molecule has 0 spiro atoms. The lowest BCUT2D eigenvalue weighted by atomic mass is 10.1. The van der Waals surface area contributed by atoms with Crippen LogP contribution in [0.25, 0.3) is 0 Å². The molecule has 112 valence electrons. The molecule has 22 heavy (non-hydrogen) atoms. The van der Waals surface area contributed by atoms with E-state index in [-0.39, 0.29) is 11.6 Å². The van der Waals surface area contributed by atoms with Crippen LogP contribution < -0.4 is 9.64 Å². The molecule has 0 bridgehead atoms. The van der Waals surface area contributed by atoms with Crippen LogP contribution in [0.15, 0.2) is 47.6 Å². The largest absolute Gasteiger partial charge is 0.497 e. The van der Waals surface area contributed by atoms with Crippen LogP contribution in [0.3, 0.4) is 0 Å². The van der Waals surface area contributed by atoms with Crippen LogP contribution in [0.4, 0.5) is 5.69 Å². The van der Waals surface area contributed by atoms with Gasteiger partial charge >= 0.3 is 0 Å². The molecule has 0 aromatic heterocycles. The summed E-state index contributed by atoms with van der Waals surface area (Å²) >= 11 is 5.95. The van der Waals surface area contributed by atoms with Gasteiger partial charge in [0.1, 0.15) is 5.75 Å². The molecule has 1 heterocycles. The number of rotatable bonds is 3. The summed E-state index contributed by atoms with van der Waals surface area (Å²) in [5.41, 5.74) is 2.16. The van der Waals surface area contributed by atoms with Crippen LogP contribution in [0, 0.1) is 0 Å². The standard InChI is InChI=1S/C16H13ClN2O3/c1-22-12-5-2-10(3-6-12)9-19-14-7-4-11(17)8-13(14)15(18-21)16(19)20/h2-8,21H,9H2,1H3/b18-15-. The van der Waals surface area contributed by atoms with Crippen molar-refractivity contribution in [2.24, 2.45) is 5.16 Å². The monoisotopic (exact) mass is 316 g/mol. The molecule has 2 aromatic rings. The van der Waals surface area contributed by atoms with Crippen LogP contribution in [-0.4, -0.2) is 23.9 Å². The maximum Gasteiger partial charge on any atom is 0.281 e. The lowest BCUT2D eigenvalue weighted by molar-refractivity contribution is -0.112. The smallest absolute Gasteiger partial charge is 0.281 e. The fraction of sp³-hybridized carbons (Fsp3) is 0.125. The van der Waals surface area contributed by atoms with Gasteiger partial charge in [-0.2, -0.15) is 0 Å². The summed E-state index contributed by atoms with van der Waals surface area (Å²) in [5.74, 6) is 0.400. The van der Waals surface area contributed by atoms with Crippen molar-refractivity contribution >= 4 is 28.9 Å². The number of ether oxygens (including phenoxy) is 1. The Hall–Kier alpha value is -2.53. The molecule has 0 atom stereocenters. The van der Waals surface area contributed by atoms with Gasteiger partial charge in [-0.15, -0.1) is 0 Å². The number of methoxy groups -OCH3 is 1. The lowest BCUT2D eigenvalue weighted by Gasteiger charge is -2.17. The van der Waals surface area contributed by atoms with Gasteiger partial charge in [0.25, 0.3) is 5.91 Å². The van der Waals surface area contributed by atoms with E-state index in [1.807, 2.05) is 24.3 Å². The number of benzene rings is 2. The minimum absolute atomic E-state index is 0.00557. The summed E-state index contributed by atoms with van der Waals surface area (Å²) in [4.78, 5) is 14.0. The fourth-order valence-corrected chi connectivity index (χ4v) is 2.62. The number of nitrogens with zero attached hydrogens (tertiary/aromatic N) is 2. The van der Waals surface area contributed by atoms with E-state index in [0.29, 0.717) is 22.8 Å². The van der Waals surface area contributed by atoms with Crippen molar-refractivity contribution < 1.29 is 14.7 Å². The topological polar surface area (TPSA) is 62.1 Å². The Morgan fingerprint density at radius 2 is 1.95 bits per heavy atom. The maximum absolute atomic E-state index is 12.4. The molecule has 1 N–H and O–H groups in total. The molecule has 3 rings (SSSR count). The number of hydrogen-bond acceptors (Lipinski definition) is 4. The van der Waals surface area contributed by atoms with Gasteiger partial charge in [0.05, 0.1) is 19.3 Å². The molecule has 0 fully saturated rings. The second-order valence-electron chi connectivity index (χ2n) is 4.85. The number of fused-ring (bicyclic) bond motifs is 1. The first kappa shape index (κ1) is 14.4. The van der Waals surface area contributed by atoms with Gasteiger partial charge in [0.2, 0.25) is 0 Å². The first-order chi connectivity index (χ1) is 10.6. The summed E-state index contributed by atoms with van der Waals surface area (Å²) < 4.78 is 5.12. The Bertz CT molecular complexity index is 756. The molecule has 5 nitrogen and oxygen atoms in total. The molecule has 0 radical (unpaired) electrons. The minimum Gasteiger partial charge on any atom is -0.497 e. The molecular formula is C16H13ClN2O3. The van der Waals surface area contributed by atoms with Crippen LogP contribution in [0.1, 0.15) is 11.1 Å². The number of carbonyl (C=O) groups excluding carboxylic acids is 1. The average molecular weight is 317 g/mol. The highest BCUT2D eigenvalue weighted by atomic mass is 35.5. The Morgan fingerprint density at radius 1 is 1.23 bits per heavy atom. The summed E-state index contributed by atoms with van der Waals surface area (Å²) in [7, 11) is 1.60. The second kappa shape index (κ2) is 5.69. The third-order valence-electron chi connectivity index (χ3n) is 3.55. The molecule has 0 saturated heterocycles. The zero-order valence-electron chi connectivity index (χ0n) is 11.8. The number of carbonyl (C=O) groups is 1. The Labute approximate surface area is 132 Å². The third-order valence-corrected chi connectivity index (χ3v) is 3.79. The van der Waals surface area contributed by atoms with Crippen molar-refractivity contribution in [3.05, 3.63) is 58.6 Å². The quantitative estimate of drug-likeness (QED) is 0.699. The molecular weight excluding hydrogens is 304 g/mol. The molecule has 1 aliphatic heterocycles. The van der Waals surface area contributed by atoms with Crippen LogP contribution in [0.2, 0.25) is 5.02 Å². The molecule has 1 aliphatic rings. The summed E-state index contributed by atoms with van der Waals surface area (Å²) in [6, 6.07) is 12.5. The Balaban J connectivity index is 1.95. The number of anilines is 1. The van der Waals surface area contributed by atoms with E-state index in [4.69, 9.17) is 21.5 Å². The summed E-state index contributed by atoms with van der Waals surface area (Å²) in [5, 5.41) is 12.7. The SMILES string of the molecule is COc1ccc(CN2C(=O)/C(=N\O)c3cc(Cl)ccc32)cc1. The zero-order chi connectivity index (χ0) is 15.7. The number of hydrogen-bond donors (Lipinski definition) is 1. The molecule has 0 unspecified atom stereocenters. The maximum atomic E-state index is 12.4. The fourth-order valence-electron chi connectivity index (χ4n) is 2.45. The van der Waals surface area contributed by atoms with Gasteiger partial charge in [-0.05, 0) is 35.9 Å². The van der Waals surface area contributed by atoms with Gasteiger partial charge in [0, 0.05) is 10.6 Å². The molecule has 0 saturated carbocycles. The first-order valence-corrected chi connectivity index (χ1v) is 6.98. The first-order valence-electron chi connectivity index (χ1n) is 6.61. The predicted octanol–water partition coefficient (Wildman–Crippen LogP) is 3.07. The van der Waals surface area contributed by atoms with Crippen LogP contribution in [0.5, 0.6) is 5.75 Å². The van der Waals surface area contributed by atoms with E-state index < -0.39 is 0 Å². The van der Waals surface area contributed by atoms with E-state index >= 15 is 0 Å². The van der Waals surface area contributed by atoms with Gasteiger partial charge in [-0.1, -0.05) is 28.9 Å². The van der Waals surface area contributed by atoms with Crippen LogP contribution in [-0.2, 0) is 11.3 Å². The lowest BCUT2D eigenvalue weighted by Crippen LogP contribution is -2.29. The van der Waals surface area contributed by atoms with Gasteiger partial charge < -0.3 is 14.8 Å². The zero-order valence-corrected chi connectivity index (χ0v) is 12.5. The Morgan fingerprint density at radius 3 is 2.59 bits per heavy atom. The molecule has 2 aromatic carbocycles. The van der Waals surface area contributed by atoms with Crippen molar-refractivity contribution in [2.75, 3.05) is 12.0 Å². The Kier molecular flexibility index (Phi) is 3.73. The number of amides is 1. The summed E-state index contributed by atoms with van der Waals surface area (Å²) in [6.45, 7) is 0.372. The third kappa shape index (κ3) is 2.40. The predicted molar refractivity (Wildman–Crippen MR) is 84.0 cm³/mol. The van der Waals surface area contributed by atoms with Crippen molar-refractivity contribution in [3.8, 4) is 5.75 Å². The highest BCUT2D eigenvalue weighted by molar-refractivity contribution is 6.54. The number of oxime groups is 1. The van der Waals surface area contributed by atoms with E-state index in [0.717, 1.165) is 11.3 Å². The van der Waals surface area contributed by atoms with Crippen molar-refractivity contribution in [2.45, 2.75) is 6.54 Å². The van der Waals surface area contributed by atoms with E-state index in [1.165, 1.54) is 0 Å². The van der Waals surface area contributed by atoms with E-state index in [9.17, 15) is 4.79 Å². The number of halogens is 1. The van der Waals surface area contributed by atoms with Crippen LogP contribution >= 0.6 is 11.6 Å². The van der Waals surface area contributed by atoms with E-state index in [1.54, 1.807) is 30.2 Å². The molecule has 0 aliphatic carbocycles. The minimum atomic E-state index is -0.351. The molecule has 1 amide bonds. The van der Waals surface area contributed by atoms with Crippen molar-refractivity contribution in [3.63, 3.8) is 0 Å². The summed E-state index contributed by atoms with van der Waals surface area (Å²) in [6.07, 6.45) is 0. The average Bonchev–Trinajstić information content (AvgIpc) is 2.79. The van der Waals surface area contributed by atoms with Crippen molar-refractivity contribution in [1.82, 2.24) is 0 Å². The van der Waals surface area contributed by atoms with Gasteiger partial charge in [-0.25, -0.2) is 0 Å².